The third-order valence-electron chi connectivity index (χ3n) is 5.22. The number of nitrogens with zero attached hydrogens (tertiary/aromatic N) is 4. The minimum Gasteiger partial charge on any atom is -0.369 e. The molecular weight excluding hydrogens is 374 g/mol. The fourth-order valence-corrected chi connectivity index (χ4v) is 3.87. The lowest BCUT2D eigenvalue weighted by Gasteiger charge is -2.39. The first kappa shape index (κ1) is 20.0. The number of amides is 2. The van der Waals surface area contributed by atoms with Crippen molar-refractivity contribution < 1.29 is 4.79 Å². The molecule has 6 nitrogen and oxygen atoms in total. The van der Waals surface area contributed by atoms with E-state index in [1.807, 2.05) is 42.3 Å². The minimum absolute atomic E-state index is 0. The molecule has 0 radical (unpaired) electrons. The normalized spacial score (nSPS) is 16.3. The summed E-state index contributed by atoms with van der Waals surface area (Å²) in [6, 6.07) is 15.8. The number of nitrogens with one attached hydrogen (secondary N) is 1. The Bertz CT molecular complexity index is 904. The SMILES string of the molecule is CN1Cc2c(N3CCNCC3)cccc2N(Cc2cccc(C#N)c2)C1=O.Cl. The summed E-state index contributed by atoms with van der Waals surface area (Å²) in [6.07, 6.45) is 0. The van der Waals surface area contributed by atoms with Crippen molar-refractivity contribution in [1.29, 1.82) is 5.26 Å². The monoisotopic (exact) mass is 397 g/mol. The highest BCUT2D eigenvalue weighted by molar-refractivity contribution is 5.96. The molecule has 1 N–H and O–H groups in total. The number of hydrogen-bond acceptors (Lipinski definition) is 4. The van der Waals surface area contributed by atoms with E-state index in [0.717, 1.165) is 37.4 Å². The number of piperazine rings is 1. The standard InChI is InChI=1S/C21H23N5O.ClH/c1-24-15-18-19(25-10-8-23-9-11-25)6-3-7-20(18)26(21(24)27)14-17-5-2-4-16(12-17)13-22;/h2-7,12,23H,8-11,14-15H2,1H3;1H. The molecule has 1 fully saturated rings. The number of carbonyl (C=O) groups excluding carboxylic acids is 1. The van der Waals surface area contributed by atoms with Gasteiger partial charge in [0, 0.05) is 44.5 Å². The Labute approximate surface area is 171 Å². The summed E-state index contributed by atoms with van der Waals surface area (Å²) in [6.45, 7) is 4.96. The molecule has 2 amide bonds. The van der Waals surface area contributed by atoms with E-state index in [0.29, 0.717) is 18.7 Å². The van der Waals surface area contributed by atoms with Crippen molar-refractivity contribution in [3.05, 3.63) is 59.2 Å². The third-order valence-corrected chi connectivity index (χ3v) is 5.22. The van der Waals surface area contributed by atoms with Crippen LogP contribution in [0.1, 0.15) is 16.7 Å². The van der Waals surface area contributed by atoms with E-state index in [1.54, 1.807) is 11.0 Å². The molecule has 0 atom stereocenters. The molecule has 0 aromatic heterocycles. The maximum Gasteiger partial charge on any atom is 0.324 e. The van der Waals surface area contributed by atoms with Crippen molar-refractivity contribution in [2.24, 2.45) is 0 Å². The lowest BCUT2D eigenvalue weighted by Crippen LogP contribution is -2.47. The molecule has 0 bridgehead atoms. The van der Waals surface area contributed by atoms with E-state index >= 15 is 0 Å². The predicted octanol–water partition coefficient (Wildman–Crippen LogP) is 2.96. The number of anilines is 2. The Morgan fingerprint density at radius 2 is 1.82 bits per heavy atom. The smallest absolute Gasteiger partial charge is 0.324 e. The minimum atomic E-state index is -0.0117. The van der Waals surface area contributed by atoms with E-state index in [9.17, 15) is 4.79 Å². The second kappa shape index (κ2) is 8.51. The highest BCUT2D eigenvalue weighted by atomic mass is 35.5. The maximum atomic E-state index is 12.9. The number of nitriles is 1. The molecule has 2 aromatic carbocycles. The van der Waals surface area contributed by atoms with Gasteiger partial charge in [-0.1, -0.05) is 18.2 Å². The summed E-state index contributed by atoms with van der Waals surface area (Å²) in [5.41, 5.74) is 4.94. The van der Waals surface area contributed by atoms with Gasteiger partial charge in [-0.25, -0.2) is 4.79 Å². The average Bonchev–Trinajstić information content (AvgIpc) is 2.72. The third kappa shape index (κ3) is 3.77. The molecule has 146 valence electrons. The van der Waals surface area contributed by atoms with E-state index < -0.39 is 0 Å². The van der Waals surface area contributed by atoms with Crippen molar-refractivity contribution >= 4 is 29.8 Å². The van der Waals surface area contributed by atoms with E-state index in [1.165, 1.54) is 11.3 Å². The van der Waals surface area contributed by atoms with Crippen LogP contribution in [-0.2, 0) is 13.1 Å². The molecule has 0 spiro atoms. The van der Waals surface area contributed by atoms with Crippen molar-refractivity contribution in [3.8, 4) is 6.07 Å². The number of halogens is 1. The number of urea groups is 1. The first-order chi connectivity index (χ1) is 13.2. The second-order valence-electron chi connectivity index (χ2n) is 7.05. The largest absolute Gasteiger partial charge is 0.369 e. The predicted molar refractivity (Wildman–Crippen MR) is 113 cm³/mol. The van der Waals surface area contributed by atoms with Crippen LogP contribution in [0.5, 0.6) is 0 Å². The fourth-order valence-electron chi connectivity index (χ4n) is 3.87. The van der Waals surface area contributed by atoms with Crippen molar-refractivity contribution in [1.82, 2.24) is 10.2 Å². The number of carbonyl (C=O) groups is 1. The zero-order valence-corrected chi connectivity index (χ0v) is 16.7. The second-order valence-corrected chi connectivity index (χ2v) is 7.05. The molecule has 2 heterocycles. The maximum absolute atomic E-state index is 12.9. The van der Waals surface area contributed by atoms with Crippen LogP contribution in [0.15, 0.2) is 42.5 Å². The van der Waals surface area contributed by atoms with Gasteiger partial charge < -0.3 is 15.1 Å². The molecule has 4 rings (SSSR count). The molecule has 0 unspecified atom stereocenters. The van der Waals surface area contributed by atoms with Gasteiger partial charge in [0.1, 0.15) is 0 Å². The summed E-state index contributed by atoms with van der Waals surface area (Å²) in [4.78, 5) is 18.9. The van der Waals surface area contributed by atoms with Gasteiger partial charge in [-0.15, -0.1) is 12.4 Å². The Kier molecular flexibility index (Phi) is 6.08. The van der Waals surface area contributed by atoms with Gasteiger partial charge in [0.25, 0.3) is 0 Å². The van der Waals surface area contributed by atoms with Crippen LogP contribution in [-0.4, -0.2) is 44.2 Å². The zero-order chi connectivity index (χ0) is 18.8. The van der Waals surface area contributed by atoms with Crippen LogP contribution in [0.25, 0.3) is 0 Å². The Morgan fingerprint density at radius 1 is 1.11 bits per heavy atom. The molecule has 0 saturated carbocycles. The molecular formula is C21H24ClN5O. The molecule has 2 aromatic rings. The highest BCUT2D eigenvalue weighted by Crippen LogP contribution is 2.36. The van der Waals surface area contributed by atoms with Gasteiger partial charge in [-0.05, 0) is 29.8 Å². The molecule has 2 aliphatic heterocycles. The number of benzene rings is 2. The van der Waals surface area contributed by atoms with E-state index in [-0.39, 0.29) is 18.4 Å². The lowest BCUT2D eigenvalue weighted by molar-refractivity contribution is 0.210. The molecule has 2 aliphatic rings. The molecule has 7 heteroatoms. The lowest BCUT2D eigenvalue weighted by atomic mass is 10.0. The first-order valence-electron chi connectivity index (χ1n) is 9.26. The van der Waals surface area contributed by atoms with Crippen molar-refractivity contribution in [2.45, 2.75) is 13.1 Å². The van der Waals surface area contributed by atoms with Gasteiger partial charge >= 0.3 is 6.03 Å². The Morgan fingerprint density at radius 3 is 2.57 bits per heavy atom. The summed E-state index contributed by atoms with van der Waals surface area (Å²) < 4.78 is 0. The van der Waals surface area contributed by atoms with E-state index in [2.05, 4.69) is 22.4 Å². The van der Waals surface area contributed by atoms with Gasteiger partial charge in [0.15, 0.2) is 0 Å². The summed E-state index contributed by atoms with van der Waals surface area (Å²) in [7, 11) is 1.85. The number of hydrogen-bond donors (Lipinski definition) is 1. The Balaban J connectivity index is 0.00000225. The van der Waals surface area contributed by atoms with Crippen LogP contribution < -0.4 is 15.1 Å². The van der Waals surface area contributed by atoms with E-state index in [4.69, 9.17) is 5.26 Å². The van der Waals surface area contributed by atoms with Crippen LogP contribution in [0.4, 0.5) is 16.2 Å². The van der Waals surface area contributed by atoms with Crippen LogP contribution in [0.2, 0.25) is 0 Å². The van der Waals surface area contributed by atoms with Crippen molar-refractivity contribution in [3.63, 3.8) is 0 Å². The van der Waals surface area contributed by atoms with Crippen LogP contribution in [0, 0.1) is 11.3 Å². The zero-order valence-electron chi connectivity index (χ0n) is 15.9. The molecule has 1 saturated heterocycles. The topological polar surface area (TPSA) is 62.6 Å². The molecule has 0 aliphatic carbocycles. The Hall–Kier alpha value is -2.75. The number of fused-ring (bicyclic) bond motifs is 1. The fraction of sp³-hybridized carbons (Fsp3) is 0.333. The van der Waals surface area contributed by atoms with Gasteiger partial charge in [-0.2, -0.15) is 5.26 Å². The molecule has 28 heavy (non-hydrogen) atoms. The number of rotatable bonds is 3. The van der Waals surface area contributed by atoms with Crippen LogP contribution >= 0.6 is 12.4 Å². The van der Waals surface area contributed by atoms with Gasteiger partial charge in [0.2, 0.25) is 0 Å². The average molecular weight is 398 g/mol. The van der Waals surface area contributed by atoms with Crippen molar-refractivity contribution in [2.75, 3.05) is 43.0 Å². The summed E-state index contributed by atoms with van der Waals surface area (Å²) >= 11 is 0. The van der Waals surface area contributed by atoms with Gasteiger partial charge in [0.05, 0.1) is 30.4 Å². The highest BCUT2D eigenvalue weighted by Gasteiger charge is 2.31. The van der Waals surface area contributed by atoms with Gasteiger partial charge in [-0.3, -0.25) is 4.90 Å². The first-order valence-corrected chi connectivity index (χ1v) is 9.26. The van der Waals surface area contributed by atoms with Crippen LogP contribution in [0.3, 0.4) is 0 Å². The summed E-state index contributed by atoms with van der Waals surface area (Å²) in [5.74, 6) is 0. The quantitative estimate of drug-likeness (QED) is 0.864. The summed E-state index contributed by atoms with van der Waals surface area (Å²) in [5, 5.41) is 12.5.